The molecule has 3 heteroatoms. The van der Waals surface area contributed by atoms with Crippen molar-refractivity contribution in [1.82, 2.24) is 0 Å². The highest BCUT2D eigenvalue weighted by molar-refractivity contribution is 5.90. The average Bonchev–Trinajstić information content (AvgIpc) is 2.46. The predicted molar refractivity (Wildman–Crippen MR) is 72.3 cm³/mol. The molecule has 1 aromatic carbocycles. The van der Waals surface area contributed by atoms with Gasteiger partial charge in [-0.25, -0.2) is 4.79 Å². The van der Waals surface area contributed by atoms with Crippen LogP contribution in [0.15, 0.2) is 24.3 Å². The Kier molecular flexibility index (Phi) is 4.72. The molecule has 0 aromatic heterocycles. The molecule has 0 heterocycles. The van der Waals surface area contributed by atoms with Crippen LogP contribution in [0.25, 0.3) is 0 Å². The molecule has 0 unspecified atom stereocenters. The zero-order valence-corrected chi connectivity index (χ0v) is 10.9. The van der Waals surface area contributed by atoms with Gasteiger partial charge in [0.15, 0.2) is 0 Å². The number of esters is 1. The standard InChI is InChI=1S/C16H18O3/c1-12-2-4-14(5-3-12)11-19-16(18)15-8-6-13(10-17)7-9-15/h6-9,12,14H,1-5,11H2. The Morgan fingerprint density at radius 1 is 1.21 bits per heavy atom. The Balaban J connectivity index is 1.81. The minimum Gasteiger partial charge on any atom is -0.462 e. The van der Waals surface area contributed by atoms with Gasteiger partial charge in [0.05, 0.1) is 12.2 Å². The SMILES string of the molecule is [CH2]C1CCC(COC(=O)c2ccc([C]=O)cc2)CC1. The van der Waals surface area contributed by atoms with Crippen LogP contribution in [0, 0.1) is 18.8 Å². The van der Waals surface area contributed by atoms with E-state index in [-0.39, 0.29) is 5.97 Å². The molecule has 0 saturated heterocycles. The molecule has 0 atom stereocenters. The third kappa shape index (κ3) is 3.91. The van der Waals surface area contributed by atoms with E-state index in [9.17, 15) is 9.59 Å². The topological polar surface area (TPSA) is 43.4 Å². The summed E-state index contributed by atoms with van der Waals surface area (Å²) in [6.07, 6.45) is 6.17. The Hall–Kier alpha value is -1.64. The highest BCUT2D eigenvalue weighted by Crippen LogP contribution is 2.28. The lowest BCUT2D eigenvalue weighted by Gasteiger charge is -2.25. The van der Waals surface area contributed by atoms with E-state index in [1.54, 1.807) is 30.6 Å². The third-order valence-corrected chi connectivity index (χ3v) is 3.65. The molecule has 0 bridgehead atoms. The molecule has 1 saturated carbocycles. The minimum absolute atomic E-state index is 0.325. The van der Waals surface area contributed by atoms with Crippen LogP contribution in [0.1, 0.15) is 41.6 Å². The zero-order chi connectivity index (χ0) is 13.7. The first kappa shape index (κ1) is 13.8. The number of hydrogen-bond acceptors (Lipinski definition) is 3. The molecule has 0 aliphatic heterocycles. The van der Waals surface area contributed by atoms with Crippen molar-refractivity contribution in [1.29, 1.82) is 0 Å². The molecule has 19 heavy (non-hydrogen) atoms. The quantitative estimate of drug-likeness (QED) is 0.780. The molecule has 100 valence electrons. The van der Waals surface area contributed by atoms with E-state index in [0.29, 0.717) is 29.6 Å². The molecule has 1 aliphatic rings. The first-order chi connectivity index (χ1) is 9.19. The van der Waals surface area contributed by atoms with E-state index in [1.165, 1.54) is 0 Å². The van der Waals surface area contributed by atoms with Gasteiger partial charge in [-0.1, -0.05) is 31.9 Å². The van der Waals surface area contributed by atoms with Gasteiger partial charge in [-0.05, 0) is 36.8 Å². The summed E-state index contributed by atoms with van der Waals surface area (Å²) in [5, 5.41) is 0. The number of carbonyl (C=O) groups is 1. The van der Waals surface area contributed by atoms with Crippen LogP contribution in [0.3, 0.4) is 0 Å². The fourth-order valence-corrected chi connectivity index (χ4v) is 2.35. The summed E-state index contributed by atoms with van der Waals surface area (Å²) < 4.78 is 5.32. The van der Waals surface area contributed by atoms with Gasteiger partial charge in [0, 0.05) is 5.56 Å². The van der Waals surface area contributed by atoms with Crippen LogP contribution in [0.4, 0.5) is 0 Å². The van der Waals surface area contributed by atoms with Crippen LogP contribution < -0.4 is 0 Å². The van der Waals surface area contributed by atoms with Crippen molar-refractivity contribution in [2.24, 2.45) is 11.8 Å². The van der Waals surface area contributed by atoms with E-state index >= 15 is 0 Å². The summed E-state index contributed by atoms with van der Waals surface area (Å²) in [7, 11) is 0. The molecular formula is C16H18O3. The van der Waals surface area contributed by atoms with E-state index in [0.717, 1.165) is 25.7 Å². The van der Waals surface area contributed by atoms with Gasteiger partial charge in [-0.15, -0.1) is 0 Å². The molecule has 2 radical (unpaired) electrons. The van der Waals surface area contributed by atoms with Crippen LogP contribution in [0.5, 0.6) is 0 Å². The summed E-state index contributed by atoms with van der Waals surface area (Å²) in [6.45, 7) is 4.53. The van der Waals surface area contributed by atoms with Gasteiger partial charge in [0.1, 0.15) is 0 Å². The first-order valence-corrected chi connectivity index (χ1v) is 6.67. The normalized spacial score (nSPS) is 22.8. The van der Waals surface area contributed by atoms with Crippen molar-refractivity contribution < 1.29 is 14.3 Å². The molecule has 0 amide bonds. The highest BCUT2D eigenvalue weighted by atomic mass is 16.5. The van der Waals surface area contributed by atoms with Gasteiger partial charge >= 0.3 is 5.97 Å². The Morgan fingerprint density at radius 3 is 2.42 bits per heavy atom. The van der Waals surface area contributed by atoms with Gasteiger partial charge in [-0.3, -0.25) is 4.79 Å². The molecule has 1 aromatic rings. The molecule has 2 rings (SSSR count). The predicted octanol–water partition coefficient (Wildman–Crippen LogP) is 2.94. The average molecular weight is 258 g/mol. The van der Waals surface area contributed by atoms with Crippen molar-refractivity contribution >= 4 is 12.3 Å². The van der Waals surface area contributed by atoms with Crippen molar-refractivity contribution in [2.75, 3.05) is 6.61 Å². The summed E-state index contributed by atoms with van der Waals surface area (Å²) in [5.74, 6) is 0.692. The second-order valence-electron chi connectivity index (χ2n) is 5.16. The van der Waals surface area contributed by atoms with E-state index in [1.807, 2.05) is 0 Å². The van der Waals surface area contributed by atoms with Crippen LogP contribution in [-0.4, -0.2) is 18.9 Å². The largest absolute Gasteiger partial charge is 0.462 e. The second kappa shape index (κ2) is 6.50. The van der Waals surface area contributed by atoms with Crippen molar-refractivity contribution in [3.63, 3.8) is 0 Å². The Bertz CT molecular complexity index is 428. The lowest BCUT2D eigenvalue weighted by Crippen LogP contribution is -2.19. The zero-order valence-electron chi connectivity index (χ0n) is 10.9. The Morgan fingerprint density at radius 2 is 1.84 bits per heavy atom. The Labute approximate surface area is 114 Å². The lowest BCUT2D eigenvalue weighted by atomic mass is 9.83. The third-order valence-electron chi connectivity index (χ3n) is 3.65. The smallest absolute Gasteiger partial charge is 0.338 e. The highest BCUT2D eigenvalue weighted by Gasteiger charge is 2.19. The van der Waals surface area contributed by atoms with Gasteiger partial charge in [0.25, 0.3) is 0 Å². The van der Waals surface area contributed by atoms with Crippen LogP contribution >= 0.6 is 0 Å². The second-order valence-corrected chi connectivity index (χ2v) is 5.16. The number of benzene rings is 1. The first-order valence-electron chi connectivity index (χ1n) is 6.67. The van der Waals surface area contributed by atoms with E-state index in [2.05, 4.69) is 6.92 Å². The summed E-state index contributed by atoms with van der Waals surface area (Å²) >= 11 is 0. The fraction of sp³-hybridized carbons (Fsp3) is 0.438. The van der Waals surface area contributed by atoms with Gasteiger partial charge in [-0.2, -0.15) is 0 Å². The summed E-state index contributed by atoms with van der Waals surface area (Å²) in [5.41, 5.74) is 0.912. The number of hydrogen-bond donors (Lipinski definition) is 0. The van der Waals surface area contributed by atoms with E-state index < -0.39 is 0 Å². The van der Waals surface area contributed by atoms with Crippen molar-refractivity contribution in [2.45, 2.75) is 25.7 Å². The lowest BCUT2D eigenvalue weighted by molar-refractivity contribution is 0.0401. The molecule has 0 spiro atoms. The number of rotatable bonds is 4. The van der Waals surface area contributed by atoms with Gasteiger partial charge in [0.2, 0.25) is 6.29 Å². The summed E-state index contributed by atoms with van der Waals surface area (Å²) in [6, 6.07) is 6.32. The maximum absolute atomic E-state index is 11.8. The molecule has 0 N–H and O–H groups in total. The number of carbonyl (C=O) groups excluding carboxylic acids is 2. The molecule has 1 aliphatic carbocycles. The monoisotopic (exact) mass is 258 g/mol. The molecule has 3 nitrogen and oxygen atoms in total. The fourth-order valence-electron chi connectivity index (χ4n) is 2.35. The maximum atomic E-state index is 11.8. The van der Waals surface area contributed by atoms with Crippen LogP contribution in [0.2, 0.25) is 0 Å². The van der Waals surface area contributed by atoms with Crippen molar-refractivity contribution in [3.05, 3.63) is 42.3 Å². The van der Waals surface area contributed by atoms with Crippen molar-refractivity contribution in [3.8, 4) is 0 Å². The van der Waals surface area contributed by atoms with Crippen LogP contribution in [-0.2, 0) is 9.53 Å². The van der Waals surface area contributed by atoms with Gasteiger partial charge < -0.3 is 4.74 Å². The number of ether oxygens (including phenoxy) is 1. The molecular weight excluding hydrogens is 240 g/mol. The minimum atomic E-state index is -0.325. The summed E-state index contributed by atoms with van der Waals surface area (Å²) in [4.78, 5) is 22.2. The van der Waals surface area contributed by atoms with E-state index in [4.69, 9.17) is 4.74 Å². The molecule has 1 fully saturated rings. The maximum Gasteiger partial charge on any atom is 0.338 e.